The predicted molar refractivity (Wildman–Crippen MR) is 61.7 cm³/mol. The zero-order chi connectivity index (χ0) is 11.2. The lowest BCUT2D eigenvalue weighted by Gasteiger charge is -2.19. The van der Waals surface area contributed by atoms with E-state index in [0.29, 0.717) is 6.10 Å². The molecule has 0 aliphatic carbocycles. The van der Waals surface area contributed by atoms with Crippen molar-refractivity contribution < 1.29 is 4.74 Å². The van der Waals surface area contributed by atoms with E-state index in [0.717, 1.165) is 37.4 Å². The van der Waals surface area contributed by atoms with Crippen molar-refractivity contribution >= 4 is 0 Å². The summed E-state index contributed by atoms with van der Waals surface area (Å²) in [6.07, 6.45) is 8.15. The van der Waals surface area contributed by atoms with Crippen molar-refractivity contribution in [2.45, 2.75) is 32.4 Å². The zero-order valence-corrected chi connectivity index (χ0v) is 9.52. The highest BCUT2D eigenvalue weighted by atomic mass is 16.5. The van der Waals surface area contributed by atoms with Gasteiger partial charge in [0, 0.05) is 19.3 Å². The van der Waals surface area contributed by atoms with Crippen molar-refractivity contribution in [2.75, 3.05) is 6.54 Å². The SMILES string of the molecule is Cc1nccc(CNCC2CCC=CO2)n1. The quantitative estimate of drug-likeness (QED) is 0.835. The van der Waals surface area contributed by atoms with Crippen LogP contribution in [-0.4, -0.2) is 22.6 Å². The van der Waals surface area contributed by atoms with Gasteiger partial charge in [-0.15, -0.1) is 0 Å². The summed E-state index contributed by atoms with van der Waals surface area (Å²) in [4.78, 5) is 8.39. The van der Waals surface area contributed by atoms with Crippen LogP contribution >= 0.6 is 0 Å². The van der Waals surface area contributed by atoms with Crippen LogP contribution in [0.25, 0.3) is 0 Å². The van der Waals surface area contributed by atoms with Crippen LogP contribution in [0, 0.1) is 6.92 Å². The fraction of sp³-hybridized carbons (Fsp3) is 0.500. The lowest BCUT2D eigenvalue weighted by Crippen LogP contribution is -2.29. The highest BCUT2D eigenvalue weighted by Crippen LogP contribution is 2.09. The summed E-state index contributed by atoms with van der Waals surface area (Å²) >= 11 is 0. The summed E-state index contributed by atoms with van der Waals surface area (Å²) in [6, 6.07) is 1.93. The normalized spacial score (nSPS) is 19.4. The van der Waals surface area contributed by atoms with Gasteiger partial charge in [-0.25, -0.2) is 9.97 Å². The van der Waals surface area contributed by atoms with E-state index in [1.165, 1.54) is 0 Å². The molecule has 1 aromatic heterocycles. The Kier molecular flexibility index (Phi) is 3.88. The molecule has 0 amide bonds. The Labute approximate surface area is 95.8 Å². The Morgan fingerprint density at radius 1 is 1.56 bits per heavy atom. The maximum absolute atomic E-state index is 5.46. The minimum absolute atomic E-state index is 0.299. The molecule has 1 unspecified atom stereocenters. The van der Waals surface area contributed by atoms with Gasteiger partial charge in [-0.3, -0.25) is 0 Å². The molecule has 4 nitrogen and oxygen atoms in total. The third-order valence-corrected chi connectivity index (χ3v) is 2.53. The monoisotopic (exact) mass is 219 g/mol. The zero-order valence-electron chi connectivity index (χ0n) is 9.52. The molecule has 1 aliphatic rings. The number of ether oxygens (including phenoxy) is 1. The van der Waals surface area contributed by atoms with Crippen LogP contribution in [0.2, 0.25) is 0 Å². The first-order chi connectivity index (χ1) is 7.84. The van der Waals surface area contributed by atoms with Crippen LogP contribution < -0.4 is 5.32 Å². The Balaban J connectivity index is 1.73. The van der Waals surface area contributed by atoms with Gasteiger partial charge < -0.3 is 10.1 Å². The van der Waals surface area contributed by atoms with E-state index in [9.17, 15) is 0 Å². The predicted octanol–water partition coefficient (Wildman–Crippen LogP) is 1.57. The number of hydrogen-bond donors (Lipinski definition) is 1. The van der Waals surface area contributed by atoms with Gasteiger partial charge >= 0.3 is 0 Å². The highest BCUT2D eigenvalue weighted by molar-refractivity contribution is 5.01. The van der Waals surface area contributed by atoms with E-state index < -0.39 is 0 Å². The largest absolute Gasteiger partial charge is 0.497 e. The van der Waals surface area contributed by atoms with Gasteiger partial charge in [0.25, 0.3) is 0 Å². The lowest BCUT2D eigenvalue weighted by atomic mass is 10.1. The number of aryl methyl sites for hydroxylation is 1. The first kappa shape index (κ1) is 11.1. The summed E-state index contributed by atoms with van der Waals surface area (Å²) in [7, 11) is 0. The number of nitrogens with zero attached hydrogens (tertiary/aromatic N) is 2. The second-order valence-corrected chi connectivity index (χ2v) is 3.93. The molecule has 2 rings (SSSR count). The Hall–Kier alpha value is -1.42. The molecule has 1 aromatic rings. The third kappa shape index (κ3) is 3.31. The van der Waals surface area contributed by atoms with Gasteiger partial charge in [-0.1, -0.05) is 0 Å². The molecule has 0 saturated heterocycles. The molecular formula is C12H17N3O. The Morgan fingerprint density at radius 2 is 2.50 bits per heavy atom. The van der Waals surface area contributed by atoms with Crippen LogP contribution in [0.3, 0.4) is 0 Å². The van der Waals surface area contributed by atoms with E-state index >= 15 is 0 Å². The molecule has 0 saturated carbocycles. The van der Waals surface area contributed by atoms with E-state index in [1.807, 2.05) is 13.0 Å². The second kappa shape index (κ2) is 5.61. The smallest absolute Gasteiger partial charge is 0.125 e. The minimum Gasteiger partial charge on any atom is -0.497 e. The summed E-state index contributed by atoms with van der Waals surface area (Å²) in [5.41, 5.74) is 1.03. The van der Waals surface area contributed by atoms with Crippen LogP contribution in [0.4, 0.5) is 0 Å². The number of nitrogens with one attached hydrogen (secondary N) is 1. The van der Waals surface area contributed by atoms with Crippen molar-refractivity contribution in [2.24, 2.45) is 0 Å². The highest BCUT2D eigenvalue weighted by Gasteiger charge is 2.09. The maximum Gasteiger partial charge on any atom is 0.125 e. The molecule has 4 heteroatoms. The first-order valence-electron chi connectivity index (χ1n) is 5.64. The van der Waals surface area contributed by atoms with Gasteiger partial charge in [0.15, 0.2) is 0 Å². The molecular weight excluding hydrogens is 202 g/mol. The molecule has 0 aromatic carbocycles. The summed E-state index contributed by atoms with van der Waals surface area (Å²) in [5.74, 6) is 0.816. The molecule has 86 valence electrons. The minimum atomic E-state index is 0.299. The van der Waals surface area contributed by atoms with Crippen LogP contribution in [0.15, 0.2) is 24.6 Å². The van der Waals surface area contributed by atoms with E-state index in [-0.39, 0.29) is 0 Å². The summed E-state index contributed by atoms with van der Waals surface area (Å²) in [6.45, 7) is 3.54. The summed E-state index contributed by atoms with van der Waals surface area (Å²) < 4.78 is 5.46. The average molecular weight is 219 g/mol. The lowest BCUT2D eigenvalue weighted by molar-refractivity contribution is 0.122. The first-order valence-corrected chi connectivity index (χ1v) is 5.64. The van der Waals surface area contributed by atoms with Crippen molar-refractivity contribution in [3.8, 4) is 0 Å². The van der Waals surface area contributed by atoms with Gasteiger partial charge in [-0.05, 0) is 31.9 Å². The molecule has 0 bridgehead atoms. The molecule has 0 radical (unpaired) electrons. The third-order valence-electron chi connectivity index (χ3n) is 2.53. The van der Waals surface area contributed by atoms with Crippen molar-refractivity contribution in [3.63, 3.8) is 0 Å². The van der Waals surface area contributed by atoms with Crippen molar-refractivity contribution in [1.29, 1.82) is 0 Å². The van der Waals surface area contributed by atoms with E-state index in [1.54, 1.807) is 12.5 Å². The van der Waals surface area contributed by atoms with Crippen LogP contribution in [-0.2, 0) is 11.3 Å². The van der Waals surface area contributed by atoms with Gasteiger partial charge in [0.2, 0.25) is 0 Å². The standard InChI is InChI=1S/C12H17N3O/c1-10-14-6-5-11(15-10)8-13-9-12-4-2-3-7-16-12/h3,5-7,12-13H,2,4,8-9H2,1H3. The van der Waals surface area contributed by atoms with E-state index in [2.05, 4.69) is 21.4 Å². The topological polar surface area (TPSA) is 47.0 Å². The molecule has 0 spiro atoms. The molecule has 1 atom stereocenters. The van der Waals surface area contributed by atoms with Gasteiger partial charge in [0.05, 0.1) is 12.0 Å². The maximum atomic E-state index is 5.46. The number of hydrogen-bond acceptors (Lipinski definition) is 4. The van der Waals surface area contributed by atoms with Crippen LogP contribution in [0.1, 0.15) is 24.4 Å². The van der Waals surface area contributed by atoms with Gasteiger partial charge in [0.1, 0.15) is 11.9 Å². The number of rotatable bonds is 4. The van der Waals surface area contributed by atoms with E-state index in [4.69, 9.17) is 4.74 Å². The fourth-order valence-corrected chi connectivity index (χ4v) is 1.70. The van der Waals surface area contributed by atoms with Crippen LogP contribution in [0.5, 0.6) is 0 Å². The molecule has 1 N–H and O–H groups in total. The Bertz CT molecular complexity index is 365. The number of aromatic nitrogens is 2. The molecule has 0 fully saturated rings. The fourth-order valence-electron chi connectivity index (χ4n) is 1.70. The average Bonchev–Trinajstić information content (AvgIpc) is 2.30. The molecule has 1 aliphatic heterocycles. The molecule has 2 heterocycles. The van der Waals surface area contributed by atoms with Crippen molar-refractivity contribution in [3.05, 3.63) is 36.1 Å². The second-order valence-electron chi connectivity index (χ2n) is 3.93. The summed E-state index contributed by atoms with van der Waals surface area (Å²) in [5, 5.41) is 3.35. The van der Waals surface area contributed by atoms with Crippen molar-refractivity contribution in [1.82, 2.24) is 15.3 Å². The molecule has 16 heavy (non-hydrogen) atoms. The number of allylic oxidation sites excluding steroid dienone is 1. The Morgan fingerprint density at radius 3 is 3.25 bits per heavy atom. The van der Waals surface area contributed by atoms with Gasteiger partial charge in [-0.2, -0.15) is 0 Å².